The van der Waals surface area contributed by atoms with Crippen molar-refractivity contribution in [1.29, 1.82) is 0 Å². The Hall–Kier alpha value is -2.74. The lowest BCUT2D eigenvalue weighted by Gasteiger charge is -2.13. The summed E-state index contributed by atoms with van der Waals surface area (Å²) in [6, 6.07) is 2.57. The lowest BCUT2D eigenvalue weighted by Crippen LogP contribution is -2.28. The Morgan fingerprint density at radius 2 is 1.93 bits per heavy atom. The number of carbonyl (C=O) groups excluding carboxylic acids is 1. The summed E-state index contributed by atoms with van der Waals surface area (Å²) in [6.07, 6.45) is -2.30. The van der Waals surface area contributed by atoms with Gasteiger partial charge in [0.1, 0.15) is 17.0 Å². The smallest absolute Gasteiger partial charge is 0.345 e. The minimum Gasteiger partial charge on any atom is -0.345 e. The zero-order valence-electron chi connectivity index (χ0n) is 14.4. The number of carbonyl (C=O) groups is 1. The maximum absolute atomic E-state index is 14.6. The van der Waals surface area contributed by atoms with E-state index in [0.29, 0.717) is 27.6 Å². The van der Waals surface area contributed by atoms with E-state index in [1.165, 1.54) is 17.0 Å². The third kappa shape index (κ3) is 4.87. The number of sulfonamides is 1. The molecular formula is C16H10BrF5N4O3S. The van der Waals surface area contributed by atoms with Crippen LogP contribution in [0.2, 0.25) is 0 Å². The topological polar surface area (TPSA) is 104 Å². The molecule has 0 bridgehead atoms. The molecule has 3 N–H and O–H groups in total. The van der Waals surface area contributed by atoms with Crippen molar-refractivity contribution in [3.63, 3.8) is 0 Å². The highest BCUT2D eigenvalue weighted by molar-refractivity contribution is 9.10. The van der Waals surface area contributed by atoms with Crippen LogP contribution in [0.4, 0.5) is 33.3 Å². The fourth-order valence-corrected chi connectivity index (χ4v) is 3.90. The van der Waals surface area contributed by atoms with Crippen molar-refractivity contribution >= 4 is 54.3 Å². The molecule has 7 nitrogen and oxygen atoms in total. The Balaban J connectivity index is 1.90. The van der Waals surface area contributed by atoms with E-state index < -0.39 is 50.7 Å². The largest absolute Gasteiger partial charge is 0.404 e. The predicted molar refractivity (Wildman–Crippen MR) is 102 cm³/mol. The molecule has 0 aliphatic rings. The first-order valence-corrected chi connectivity index (χ1v) is 10.3. The molecule has 0 aliphatic carbocycles. The maximum atomic E-state index is 14.6. The summed E-state index contributed by atoms with van der Waals surface area (Å²) in [7, 11) is -5.04. The van der Waals surface area contributed by atoms with Crippen molar-refractivity contribution in [2.45, 2.75) is 6.18 Å². The van der Waals surface area contributed by atoms with E-state index in [1.54, 1.807) is 6.20 Å². The Morgan fingerprint density at radius 3 is 2.60 bits per heavy atom. The molecule has 2 aromatic heterocycles. The van der Waals surface area contributed by atoms with Gasteiger partial charge in [0.15, 0.2) is 11.6 Å². The zero-order valence-corrected chi connectivity index (χ0v) is 16.8. The summed E-state index contributed by atoms with van der Waals surface area (Å²) >= 11 is 3.24. The highest BCUT2D eigenvalue weighted by atomic mass is 79.9. The molecule has 0 saturated carbocycles. The Morgan fingerprint density at radius 1 is 1.23 bits per heavy atom. The van der Waals surface area contributed by atoms with Gasteiger partial charge in [-0.05, 0) is 34.1 Å². The second-order valence-electron chi connectivity index (χ2n) is 5.97. The molecule has 0 atom stereocenters. The van der Waals surface area contributed by atoms with Gasteiger partial charge >= 0.3 is 6.18 Å². The number of amides is 1. The molecule has 30 heavy (non-hydrogen) atoms. The zero-order chi connectivity index (χ0) is 22.3. The number of aromatic amines is 1. The molecule has 2 heterocycles. The van der Waals surface area contributed by atoms with Crippen molar-refractivity contribution in [2.75, 3.05) is 15.8 Å². The highest BCUT2D eigenvalue weighted by Gasteiger charge is 2.36. The van der Waals surface area contributed by atoms with Crippen LogP contribution in [0.1, 0.15) is 10.4 Å². The van der Waals surface area contributed by atoms with Crippen molar-refractivity contribution in [3.05, 3.63) is 52.3 Å². The number of nitrogens with one attached hydrogen (secondary N) is 3. The summed E-state index contributed by atoms with van der Waals surface area (Å²) in [6.45, 7) is 0. The quantitative estimate of drug-likeness (QED) is 0.446. The number of alkyl halides is 3. The van der Waals surface area contributed by atoms with Gasteiger partial charge in [0, 0.05) is 16.1 Å². The van der Waals surface area contributed by atoms with E-state index >= 15 is 0 Å². The molecule has 0 unspecified atom stereocenters. The summed E-state index contributed by atoms with van der Waals surface area (Å²) in [5.41, 5.74) is -1.66. The minimum absolute atomic E-state index is 0.0645. The second-order valence-corrected chi connectivity index (χ2v) is 8.55. The van der Waals surface area contributed by atoms with E-state index in [-0.39, 0.29) is 5.69 Å². The molecule has 0 spiro atoms. The number of halogens is 6. The average molecular weight is 513 g/mol. The number of anilines is 2. The number of rotatable bonds is 5. The predicted octanol–water partition coefficient (Wildman–Crippen LogP) is 4.16. The van der Waals surface area contributed by atoms with Gasteiger partial charge in [0.2, 0.25) is 10.0 Å². The fraction of sp³-hybridized carbons (Fsp3) is 0.125. The first-order chi connectivity index (χ1) is 13.9. The van der Waals surface area contributed by atoms with Crippen LogP contribution in [0.15, 0.2) is 35.1 Å². The van der Waals surface area contributed by atoms with Gasteiger partial charge in [0.05, 0.1) is 17.6 Å². The second kappa shape index (κ2) is 7.83. The third-order valence-corrected chi connectivity index (χ3v) is 5.57. The van der Waals surface area contributed by atoms with Crippen molar-refractivity contribution in [2.24, 2.45) is 0 Å². The number of H-pyrrole nitrogens is 1. The normalized spacial score (nSPS) is 12.2. The number of pyridine rings is 1. The first kappa shape index (κ1) is 22.0. The summed E-state index contributed by atoms with van der Waals surface area (Å²) in [5, 5.41) is 2.76. The lowest BCUT2D eigenvalue weighted by molar-refractivity contribution is -0.106. The van der Waals surface area contributed by atoms with Gasteiger partial charge in [-0.2, -0.15) is 13.2 Å². The molecule has 1 aromatic carbocycles. The van der Waals surface area contributed by atoms with Crippen LogP contribution in [-0.4, -0.2) is 36.2 Å². The van der Waals surface area contributed by atoms with Gasteiger partial charge in [-0.25, -0.2) is 22.2 Å². The number of aromatic nitrogens is 2. The SMILES string of the molecule is O=C(Nc1cnc2[nH]cc(Br)c2c1)c1c(F)ccc(NS(=O)(=O)CC(F)(F)F)c1F. The van der Waals surface area contributed by atoms with Gasteiger partial charge in [0.25, 0.3) is 5.91 Å². The highest BCUT2D eigenvalue weighted by Crippen LogP contribution is 2.27. The summed E-state index contributed by atoms with van der Waals surface area (Å²) < 4.78 is 90.7. The molecule has 3 rings (SSSR count). The molecule has 0 radical (unpaired) electrons. The van der Waals surface area contributed by atoms with E-state index in [9.17, 15) is 35.2 Å². The summed E-state index contributed by atoms with van der Waals surface area (Å²) in [5.74, 6) is -6.60. The van der Waals surface area contributed by atoms with E-state index in [0.717, 1.165) is 0 Å². The molecule has 0 saturated heterocycles. The summed E-state index contributed by atoms with van der Waals surface area (Å²) in [4.78, 5) is 19.2. The minimum atomic E-state index is -5.08. The van der Waals surface area contributed by atoms with E-state index in [2.05, 4.69) is 31.2 Å². The van der Waals surface area contributed by atoms with Crippen LogP contribution in [0.5, 0.6) is 0 Å². The van der Waals surface area contributed by atoms with Crippen LogP contribution >= 0.6 is 15.9 Å². The molecule has 160 valence electrons. The Labute approximate surface area is 173 Å². The Kier molecular flexibility index (Phi) is 5.73. The van der Waals surface area contributed by atoms with Crippen molar-refractivity contribution < 1.29 is 35.2 Å². The molecule has 1 amide bonds. The number of nitrogens with zero attached hydrogens (tertiary/aromatic N) is 1. The van der Waals surface area contributed by atoms with Crippen LogP contribution in [0.3, 0.4) is 0 Å². The van der Waals surface area contributed by atoms with Crippen LogP contribution in [0, 0.1) is 11.6 Å². The number of fused-ring (bicyclic) bond motifs is 1. The van der Waals surface area contributed by atoms with Crippen LogP contribution in [0.25, 0.3) is 11.0 Å². The molecule has 0 aliphatic heterocycles. The van der Waals surface area contributed by atoms with Gasteiger partial charge in [-0.1, -0.05) is 0 Å². The van der Waals surface area contributed by atoms with E-state index in [4.69, 9.17) is 0 Å². The average Bonchev–Trinajstić information content (AvgIpc) is 2.96. The number of hydrogen-bond acceptors (Lipinski definition) is 4. The molecule has 3 aromatic rings. The third-order valence-electron chi connectivity index (χ3n) is 3.68. The maximum Gasteiger partial charge on any atom is 0.404 e. The standard InChI is InChI=1S/C16H10BrF5N4O3S/c17-9-5-24-14-8(9)3-7(4-23-14)25-15(27)12-10(18)1-2-11(13(12)19)26-30(28,29)6-16(20,21)22/h1-5,26H,6H2,(H,23,24)(H,25,27). The van der Waals surface area contributed by atoms with Crippen molar-refractivity contribution in [1.82, 2.24) is 9.97 Å². The Bertz CT molecular complexity index is 1240. The van der Waals surface area contributed by atoms with E-state index in [1.807, 2.05) is 0 Å². The fourth-order valence-electron chi connectivity index (χ4n) is 2.49. The number of benzene rings is 1. The monoisotopic (exact) mass is 512 g/mol. The van der Waals surface area contributed by atoms with Crippen LogP contribution in [-0.2, 0) is 10.0 Å². The first-order valence-electron chi connectivity index (χ1n) is 7.85. The lowest BCUT2D eigenvalue weighted by atomic mass is 10.1. The van der Waals surface area contributed by atoms with Crippen molar-refractivity contribution in [3.8, 4) is 0 Å². The molecular weight excluding hydrogens is 503 g/mol. The van der Waals surface area contributed by atoms with Crippen LogP contribution < -0.4 is 10.0 Å². The number of hydrogen-bond donors (Lipinski definition) is 3. The van der Waals surface area contributed by atoms with Gasteiger partial charge in [-0.3, -0.25) is 9.52 Å². The van der Waals surface area contributed by atoms with Gasteiger partial charge in [-0.15, -0.1) is 0 Å². The van der Waals surface area contributed by atoms with Gasteiger partial charge < -0.3 is 10.3 Å². The molecule has 14 heteroatoms. The molecule has 0 fully saturated rings.